The summed E-state index contributed by atoms with van der Waals surface area (Å²) in [6.45, 7) is 0.106. The summed E-state index contributed by atoms with van der Waals surface area (Å²) in [6.07, 6.45) is 3.74. The largest absolute Gasteiger partial charge is 0.346 e. The van der Waals surface area contributed by atoms with Gasteiger partial charge in [-0.3, -0.25) is 14.1 Å². The number of nitrogens with one attached hydrogen (secondary N) is 1. The lowest BCUT2D eigenvalue weighted by atomic mass is 9.70. The van der Waals surface area contributed by atoms with E-state index in [1.807, 2.05) is 0 Å². The molecule has 1 aromatic heterocycles. The Morgan fingerprint density at radius 1 is 1.10 bits per heavy atom. The van der Waals surface area contributed by atoms with Gasteiger partial charge >= 0.3 is 0 Å². The van der Waals surface area contributed by atoms with Gasteiger partial charge < -0.3 is 5.32 Å². The topological polar surface area (TPSA) is 114 Å². The van der Waals surface area contributed by atoms with Gasteiger partial charge in [-0.1, -0.05) is 11.6 Å². The van der Waals surface area contributed by atoms with Crippen LogP contribution in [-0.2, 0) is 31.8 Å². The molecule has 12 heteroatoms. The fraction of sp³-hybridized carbons (Fsp3) is 0.357. The lowest BCUT2D eigenvalue weighted by Crippen LogP contribution is -2.52. The quantitative estimate of drug-likeness (QED) is 0.451. The van der Waals surface area contributed by atoms with Crippen LogP contribution in [0, 0.1) is 11.7 Å². The molecule has 0 bridgehead atoms. The molecule has 1 spiro atoms. The van der Waals surface area contributed by atoms with E-state index in [4.69, 9.17) is 11.6 Å². The van der Waals surface area contributed by atoms with Gasteiger partial charge in [0.15, 0.2) is 0 Å². The van der Waals surface area contributed by atoms with E-state index in [2.05, 4.69) is 10.3 Å². The molecule has 3 heterocycles. The summed E-state index contributed by atoms with van der Waals surface area (Å²) < 4.78 is 68.3. The molecule has 1 atom stereocenters. The fourth-order valence-electron chi connectivity index (χ4n) is 6.14. The third kappa shape index (κ3) is 4.67. The van der Waals surface area contributed by atoms with Crippen LogP contribution in [0.1, 0.15) is 47.3 Å². The lowest BCUT2D eigenvalue weighted by molar-refractivity contribution is 0.0950. The minimum absolute atomic E-state index is 0.0416. The van der Waals surface area contributed by atoms with E-state index in [0.29, 0.717) is 27.5 Å². The highest BCUT2D eigenvalue weighted by atomic mass is 35.5. The number of carbonyl (C=O) groups is 1. The van der Waals surface area contributed by atoms with Crippen LogP contribution in [0.3, 0.4) is 0 Å². The van der Waals surface area contributed by atoms with Crippen molar-refractivity contribution in [3.8, 4) is 0 Å². The summed E-state index contributed by atoms with van der Waals surface area (Å²) in [4.78, 5) is 17.4. The minimum Gasteiger partial charge on any atom is -0.346 e. The second-order valence-corrected chi connectivity index (χ2v) is 15.2. The zero-order chi connectivity index (χ0) is 28.3. The summed E-state index contributed by atoms with van der Waals surface area (Å²) in [5.41, 5.74) is 1.17. The molecule has 1 amide bonds. The number of amides is 1. The summed E-state index contributed by atoms with van der Waals surface area (Å²) in [6, 6.07) is 12.5. The van der Waals surface area contributed by atoms with E-state index in [1.165, 1.54) is 16.4 Å². The molecule has 1 N–H and O–H groups in total. The first kappa shape index (κ1) is 27.2. The number of anilines is 1. The van der Waals surface area contributed by atoms with Gasteiger partial charge in [0.05, 0.1) is 45.4 Å². The summed E-state index contributed by atoms with van der Waals surface area (Å²) in [7, 11) is -7.38. The first-order valence-corrected chi connectivity index (χ1v) is 16.7. The normalized spacial score (nSPS) is 21.2. The van der Waals surface area contributed by atoms with Gasteiger partial charge in [0.1, 0.15) is 15.7 Å². The number of hydrogen-bond acceptors (Lipinski definition) is 6. The molecule has 210 valence electrons. The maximum Gasteiger partial charge on any atom is 0.264 e. The van der Waals surface area contributed by atoms with Crippen LogP contribution in [0.2, 0.25) is 5.02 Å². The first-order valence-electron chi connectivity index (χ1n) is 13.0. The van der Waals surface area contributed by atoms with Gasteiger partial charge in [-0.05, 0) is 91.8 Å². The van der Waals surface area contributed by atoms with Crippen molar-refractivity contribution in [1.82, 2.24) is 10.3 Å². The van der Waals surface area contributed by atoms with Crippen LogP contribution < -0.4 is 9.62 Å². The number of sulfonamides is 1. The van der Waals surface area contributed by atoms with Gasteiger partial charge in [-0.15, -0.1) is 0 Å². The Bertz CT molecular complexity index is 1700. The molecule has 2 aliphatic heterocycles. The smallest absolute Gasteiger partial charge is 0.264 e. The number of halogens is 2. The molecule has 1 saturated heterocycles. The van der Waals surface area contributed by atoms with Crippen LogP contribution in [0.15, 0.2) is 65.7 Å². The number of benzene rings is 2. The van der Waals surface area contributed by atoms with Gasteiger partial charge in [-0.25, -0.2) is 21.2 Å². The Morgan fingerprint density at radius 2 is 1.80 bits per heavy atom. The molecule has 1 unspecified atom stereocenters. The SMILES string of the molecule is O=C(NCc1ncccc1Cl)c1ccc2c(c1)C1(CCS(=O)(=O)CC1)C(C1CC1)N2S(=O)(=O)c1ccc(F)cc1. The average molecular weight is 604 g/mol. The van der Waals surface area contributed by atoms with Crippen molar-refractivity contribution in [3.63, 3.8) is 0 Å². The van der Waals surface area contributed by atoms with Crippen molar-refractivity contribution in [2.24, 2.45) is 5.92 Å². The number of pyridine rings is 1. The number of sulfone groups is 1. The molecular weight excluding hydrogens is 577 g/mol. The van der Waals surface area contributed by atoms with Gasteiger partial charge in [-0.2, -0.15) is 0 Å². The Labute approximate surface area is 237 Å². The standard InChI is InChI=1S/C28H27ClFN3O5S2/c29-23-2-1-13-31-24(23)17-32-27(34)19-5-10-25-22(16-19)28(11-14-39(35,36)15-12-28)26(18-3-4-18)33(25)40(37,38)21-8-6-20(30)7-9-21/h1-2,5-10,13,16,18,26H,3-4,11-12,14-15,17H2,(H,32,34). The summed E-state index contributed by atoms with van der Waals surface area (Å²) in [5.74, 6) is -1.00. The van der Waals surface area contributed by atoms with E-state index in [-0.39, 0.29) is 47.6 Å². The molecule has 1 saturated carbocycles. The van der Waals surface area contributed by atoms with Crippen molar-refractivity contribution >= 4 is 43.1 Å². The van der Waals surface area contributed by atoms with Crippen LogP contribution >= 0.6 is 11.6 Å². The number of carbonyl (C=O) groups excluding carboxylic acids is 1. The molecule has 6 rings (SSSR count). The molecule has 40 heavy (non-hydrogen) atoms. The van der Waals surface area contributed by atoms with E-state index in [9.17, 15) is 26.0 Å². The minimum atomic E-state index is -4.12. The molecule has 0 radical (unpaired) electrons. The van der Waals surface area contributed by atoms with E-state index < -0.39 is 37.1 Å². The van der Waals surface area contributed by atoms with Crippen LogP contribution in [0.25, 0.3) is 0 Å². The van der Waals surface area contributed by atoms with Crippen molar-refractivity contribution in [2.45, 2.75) is 48.6 Å². The van der Waals surface area contributed by atoms with Crippen molar-refractivity contribution in [2.75, 3.05) is 15.8 Å². The maximum atomic E-state index is 14.1. The highest BCUT2D eigenvalue weighted by Gasteiger charge is 2.60. The van der Waals surface area contributed by atoms with Crippen LogP contribution in [0.5, 0.6) is 0 Å². The van der Waals surface area contributed by atoms with Crippen LogP contribution in [0.4, 0.5) is 10.1 Å². The van der Waals surface area contributed by atoms with Crippen molar-refractivity contribution in [1.29, 1.82) is 0 Å². The molecule has 2 aromatic carbocycles. The molecule has 3 aliphatic rings. The predicted octanol–water partition coefficient (Wildman–Crippen LogP) is 4.24. The molecule has 1 aliphatic carbocycles. The van der Waals surface area contributed by atoms with E-state index >= 15 is 0 Å². The molecule has 2 fully saturated rings. The number of nitrogens with zero attached hydrogens (tertiary/aromatic N) is 2. The molecular formula is C28H27ClFN3O5S2. The number of rotatable bonds is 6. The molecule has 3 aromatic rings. The molecule has 8 nitrogen and oxygen atoms in total. The monoisotopic (exact) mass is 603 g/mol. The first-order chi connectivity index (χ1) is 19.0. The van der Waals surface area contributed by atoms with Gasteiger partial charge in [0.2, 0.25) is 0 Å². The Morgan fingerprint density at radius 3 is 2.45 bits per heavy atom. The Balaban J connectivity index is 1.43. The second-order valence-electron chi connectivity index (χ2n) is 10.7. The maximum absolute atomic E-state index is 14.1. The zero-order valence-electron chi connectivity index (χ0n) is 21.4. The summed E-state index contributed by atoms with van der Waals surface area (Å²) >= 11 is 6.17. The number of aromatic nitrogens is 1. The van der Waals surface area contributed by atoms with Gasteiger partial charge in [0.25, 0.3) is 15.9 Å². The number of fused-ring (bicyclic) bond motifs is 2. The zero-order valence-corrected chi connectivity index (χ0v) is 23.8. The van der Waals surface area contributed by atoms with Crippen molar-refractivity contribution in [3.05, 3.63) is 88.5 Å². The van der Waals surface area contributed by atoms with E-state index in [1.54, 1.807) is 36.5 Å². The fourth-order valence-corrected chi connectivity index (χ4v) is 9.68. The number of hydrogen-bond donors (Lipinski definition) is 1. The Hall–Kier alpha value is -3.02. The highest BCUT2D eigenvalue weighted by Crippen LogP contribution is 2.59. The Kier molecular flexibility index (Phi) is 6.66. The predicted molar refractivity (Wildman–Crippen MR) is 149 cm³/mol. The highest BCUT2D eigenvalue weighted by molar-refractivity contribution is 7.93. The van der Waals surface area contributed by atoms with E-state index in [0.717, 1.165) is 25.0 Å². The van der Waals surface area contributed by atoms with Gasteiger partial charge in [0, 0.05) is 17.2 Å². The van der Waals surface area contributed by atoms with Crippen molar-refractivity contribution < 1.29 is 26.0 Å². The average Bonchev–Trinajstić information content (AvgIpc) is 3.73. The third-order valence-electron chi connectivity index (χ3n) is 8.26. The second kappa shape index (κ2) is 9.81. The third-order valence-corrected chi connectivity index (χ3v) is 12.1. The van der Waals surface area contributed by atoms with Crippen LogP contribution in [-0.4, -0.2) is 45.3 Å². The summed E-state index contributed by atoms with van der Waals surface area (Å²) in [5, 5.41) is 3.25. The lowest BCUT2D eigenvalue weighted by Gasteiger charge is -2.41.